The first-order valence-corrected chi connectivity index (χ1v) is 9.83. The first kappa shape index (κ1) is 22.4. The molecular formula is C24H23N3O5. The Balaban J connectivity index is 1.65. The lowest BCUT2D eigenvalue weighted by molar-refractivity contribution is -0.142. The third-order valence-electron chi connectivity index (χ3n) is 4.94. The molecule has 0 spiro atoms. The van der Waals surface area contributed by atoms with E-state index in [1.807, 2.05) is 19.9 Å². The summed E-state index contributed by atoms with van der Waals surface area (Å²) in [5.41, 5.74) is 2.69. The van der Waals surface area contributed by atoms with Gasteiger partial charge in [0.25, 0.3) is 5.91 Å². The summed E-state index contributed by atoms with van der Waals surface area (Å²) in [6.45, 7) is 3.53. The van der Waals surface area contributed by atoms with Gasteiger partial charge in [0.1, 0.15) is 23.4 Å². The first-order valence-electron chi connectivity index (χ1n) is 9.83. The Morgan fingerprint density at radius 1 is 1.25 bits per heavy atom. The molecule has 0 aliphatic carbocycles. The summed E-state index contributed by atoms with van der Waals surface area (Å²) in [6.07, 6.45) is 4.36. The van der Waals surface area contributed by atoms with Gasteiger partial charge in [-0.2, -0.15) is 5.26 Å². The van der Waals surface area contributed by atoms with E-state index in [2.05, 4.69) is 11.4 Å². The highest BCUT2D eigenvalue weighted by Gasteiger charge is 2.20. The summed E-state index contributed by atoms with van der Waals surface area (Å²) < 4.78 is 17.3. The molecule has 2 heterocycles. The van der Waals surface area contributed by atoms with Crippen molar-refractivity contribution in [3.8, 4) is 11.8 Å². The third-order valence-corrected chi connectivity index (χ3v) is 4.94. The van der Waals surface area contributed by atoms with Gasteiger partial charge in [0, 0.05) is 11.8 Å². The van der Waals surface area contributed by atoms with Crippen molar-refractivity contribution in [2.45, 2.75) is 20.4 Å². The summed E-state index contributed by atoms with van der Waals surface area (Å²) in [5, 5.41) is 12.3. The fraction of sp³-hybridized carbons (Fsp3) is 0.208. The molecule has 3 aromatic rings. The van der Waals surface area contributed by atoms with Crippen LogP contribution in [-0.4, -0.2) is 30.2 Å². The normalized spacial score (nSPS) is 10.7. The number of nitrogens with zero attached hydrogens (tertiary/aromatic N) is 2. The van der Waals surface area contributed by atoms with Crippen LogP contribution in [-0.2, 0) is 20.9 Å². The van der Waals surface area contributed by atoms with E-state index in [1.54, 1.807) is 54.3 Å². The number of nitriles is 1. The number of hydrogen-bond donors (Lipinski definition) is 1. The smallest absolute Gasteiger partial charge is 0.331 e. The van der Waals surface area contributed by atoms with Gasteiger partial charge in [-0.1, -0.05) is 12.1 Å². The number of aromatic nitrogens is 1. The highest BCUT2D eigenvalue weighted by Crippen LogP contribution is 2.27. The fourth-order valence-electron chi connectivity index (χ4n) is 3.15. The van der Waals surface area contributed by atoms with Gasteiger partial charge in [0.2, 0.25) is 0 Å². The Hall–Kier alpha value is -4.25. The zero-order valence-electron chi connectivity index (χ0n) is 18.0. The second-order valence-electron chi connectivity index (χ2n) is 6.98. The molecule has 0 saturated heterocycles. The van der Waals surface area contributed by atoms with Crippen molar-refractivity contribution in [1.29, 1.82) is 5.26 Å². The van der Waals surface area contributed by atoms with Crippen molar-refractivity contribution in [2.24, 2.45) is 0 Å². The average molecular weight is 433 g/mol. The van der Waals surface area contributed by atoms with Crippen molar-refractivity contribution in [1.82, 2.24) is 4.57 Å². The molecule has 3 rings (SSSR count). The van der Waals surface area contributed by atoms with Gasteiger partial charge in [0.15, 0.2) is 6.61 Å². The van der Waals surface area contributed by atoms with E-state index in [0.29, 0.717) is 29.4 Å². The summed E-state index contributed by atoms with van der Waals surface area (Å²) in [5.74, 6) is 0.463. The molecule has 164 valence electrons. The summed E-state index contributed by atoms with van der Waals surface area (Å²) in [7, 11) is 1.56. The molecule has 2 aromatic heterocycles. The minimum atomic E-state index is -0.665. The van der Waals surface area contributed by atoms with Crippen LogP contribution in [0.5, 0.6) is 5.75 Å². The molecule has 0 radical (unpaired) electrons. The van der Waals surface area contributed by atoms with Gasteiger partial charge in [-0.05, 0) is 55.3 Å². The van der Waals surface area contributed by atoms with Crippen molar-refractivity contribution < 1.29 is 23.5 Å². The molecule has 0 saturated carbocycles. The number of rotatable bonds is 8. The topological polar surface area (TPSA) is 106 Å². The zero-order chi connectivity index (χ0) is 23.1. The number of nitrogens with one attached hydrogen (secondary N) is 1. The van der Waals surface area contributed by atoms with E-state index in [-0.39, 0.29) is 0 Å². The van der Waals surface area contributed by atoms with Crippen LogP contribution >= 0.6 is 0 Å². The predicted octanol–water partition coefficient (Wildman–Crippen LogP) is 3.82. The van der Waals surface area contributed by atoms with E-state index >= 15 is 0 Å². The fourth-order valence-corrected chi connectivity index (χ4v) is 3.15. The first-order chi connectivity index (χ1) is 15.4. The molecule has 0 aliphatic heterocycles. The van der Waals surface area contributed by atoms with Crippen molar-refractivity contribution in [3.05, 3.63) is 76.9 Å². The maximum Gasteiger partial charge on any atom is 0.331 e. The molecule has 8 heteroatoms. The van der Waals surface area contributed by atoms with Crippen LogP contribution in [0.15, 0.2) is 53.2 Å². The number of methoxy groups -OCH3 is 1. The Morgan fingerprint density at radius 2 is 2.06 bits per heavy atom. The highest BCUT2D eigenvalue weighted by atomic mass is 16.5. The zero-order valence-corrected chi connectivity index (χ0v) is 18.0. The standard InChI is InChI=1S/C24H23N3O5/c1-16-17(2)27(14-20-8-5-11-31-20)24(21(16)13-25)26-22(28)15-32-23(29)10-9-18-6-4-7-19(12-18)30-3/h4-12H,14-15H2,1-3H3,(H,26,28)/b10-9+. The van der Waals surface area contributed by atoms with Crippen LogP contribution in [0.4, 0.5) is 5.82 Å². The number of carbonyl (C=O) groups excluding carboxylic acids is 2. The van der Waals surface area contributed by atoms with Crippen LogP contribution < -0.4 is 10.1 Å². The maximum absolute atomic E-state index is 12.4. The van der Waals surface area contributed by atoms with Gasteiger partial charge in [-0.25, -0.2) is 4.79 Å². The Morgan fingerprint density at radius 3 is 2.75 bits per heavy atom. The Labute approximate surface area is 185 Å². The van der Waals surface area contributed by atoms with E-state index in [1.165, 1.54) is 6.08 Å². The number of amides is 1. The number of anilines is 1. The summed E-state index contributed by atoms with van der Waals surface area (Å²) >= 11 is 0. The molecule has 0 fully saturated rings. The number of hydrogen-bond acceptors (Lipinski definition) is 6. The van der Waals surface area contributed by atoms with E-state index < -0.39 is 18.5 Å². The van der Waals surface area contributed by atoms with Gasteiger partial charge in [-0.15, -0.1) is 0 Å². The van der Waals surface area contributed by atoms with E-state index in [9.17, 15) is 14.9 Å². The molecular weight excluding hydrogens is 410 g/mol. The number of carbonyl (C=O) groups is 2. The lowest BCUT2D eigenvalue weighted by Gasteiger charge is -2.12. The second kappa shape index (κ2) is 10.2. The second-order valence-corrected chi connectivity index (χ2v) is 6.98. The third kappa shape index (κ3) is 5.26. The van der Waals surface area contributed by atoms with E-state index in [4.69, 9.17) is 13.9 Å². The summed E-state index contributed by atoms with van der Waals surface area (Å²) in [4.78, 5) is 24.4. The molecule has 32 heavy (non-hydrogen) atoms. The highest BCUT2D eigenvalue weighted by molar-refractivity contribution is 5.95. The monoisotopic (exact) mass is 433 g/mol. The van der Waals surface area contributed by atoms with Crippen LogP contribution in [0.25, 0.3) is 6.08 Å². The van der Waals surface area contributed by atoms with Gasteiger partial charge in [0.05, 0.1) is 25.5 Å². The largest absolute Gasteiger partial charge is 0.497 e. The van der Waals surface area contributed by atoms with Crippen LogP contribution in [0.1, 0.15) is 28.1 Å². The van der Waals surface area contributed by atoms with Crippen LogP contribution in [0, 0.1) is 25.2 Å². The SMILES string of the molecule is COc1cccc(/C=C/C(=O)OCC(=O)Nc2c(C#N)c(C)c(C)n2Cc2ccco2)c1. The van der Waals surface area contributed by atoms with Crippen LogP contribution in [0.2, 0.25) is 0 Å². The molecule has 0 aliphatic rings. The lowest BCUT2D eigenvalue weighted by Crippen LogP contribution is -2.22. The molecule has 1 N–H and O–H groups in total. The predicted molar refractivity (Wildman–Crippen MR) is 118 cm³/mol. The molecule has 1 amide bonds. The van der Waals surface area contributed by atoms with Gasteiger partial charge in [-0.3, -0.25) is 4.79 Å². The van der Waals surface area contributed by atoms with Gasteiger partial charge < -0.3 is 23.8 Å². The summed E-state index contributed by atoms with van der Waals surface area (Å²) in [6, 6.07) is 12.9. The van der Waals surface area contributed by atoms with Crippen molar-refractivity contribution in [3.63, 3.8) is 0 Å². The maximum atomic E-state index is 12.4. The van der Waals surface area contributed by atoms with Crippen molar-refractivity contribution in [2.75, 3.05) is 19.0 Å². The minimum Gasteiger partial charge on any atom is -0.497 e. The molecule has 0 bridgehead atoms. The molecule has 1 aromatic carbocycles. The number of benzene rings is 1. The van der Waals surface area contributed by atoms with Crippen molar-refractivity contribution >= 4 is 23.8 Å². The molecule has 0 unspecified atom stereocenters. The van der Waals surface area contributed by atoms with Crippen LogP contribution in [0.3, 0.4) is 0 Å². The number of ether oxygens (including phenoxy) is 2. The lowest BCUT2D eigenvalue weighted by atomic mass is 10.2. The molecule has 0 atom stereocenters. The average Bonchev–Trinajstić information content (AvgIpc) is 3.39. The Kier molecular flexibility index (Phi) is 7.13. The Bertz CT molecular complexity index is 1180. The van der Waals surface area contributed by atoms with E-state index in [0.717, 1.165) is 16.8 Å². The number of esters is 1. The molecule has 8 nitrogen and oxygen atoms in total. The minimum absolute atomic E-state index is 0.340. The number of furan rings is 1. The quantitative estimate of drug-likeness (QED) is 0.428. The van der Waals surface area contributed by atoms with Gasteiger partial charge >= 0.3 is 5.97 Å².